The molecule has 0 saturated heterocycles. The summed E-state index contributed by atoms with van der Waals surface area (Å²) in [6.07, 6.45) is -0.239. The van der Waals surface area contributed by atoms with Crippen LogP contribution in [0.2, 0.25) is 5.02 Å². The van der Waals surface area contributed by atoms with Crippen LogP contribution in [0.5, 0.6) is 5.75 Å². The number of nitrogens with one attached hydrogen (secondary N) is 2. The summed E-state index contributed by atoms with van der Waals surface area (Å²) in [6.45, 7) is 3.58. The molecule has 5 N–H and O–H groups in total. The summed E-state index contributed by atoms with van der Waals surface area (Å²) >= 11 is 11.6. The van der Waals surface area contributed by atoms with E-state index >= 15 is 0 Å². The Balaban J connectivity index is 2.20. The number of thiocarbonyl (C=S) groups is 1. The summed E-state index contributed by atoms with van der Waals surface area (Å²) < 4.78 is 15.7. The van der Waals surface area contributed by atoms with Crippen LogP contribution >= 0.6 is 23.8 Å². The van der Waals surface area contributed by atoms with Gasteiger partial charge in [-0.05, 0) is 54.2 Å². The first-order valence-corrected chi connectivity index (χ1v) is 13.4. The molecule has 3 atom stereocenters. The highest BCUT2D eigenvalue weighted by Gasteiger charge is 2.40. The van der Waals surface area contributed by atoms with Gasteiger partial charge in [-0.3, -0.25) is 9.59 Å². The number of nitrogens with two attached hydrogens (primary N) is 1. The molecule has 214 valence electrons. The van der Waals surface area contributed by atoms with Gasteiger partial charge in [0, 0.05) is 18.7 Å². The lowest BCUT2D eigenvalue weighted by Gasteiger charge is -2.31. The number of rotatable bonds is 17. The van der Waals surface area contributed by atoms with E-state index in [1.165, 1.54) is 0 Å². The van der Waals surface area contributed by atoms with Crippen LogP contribution in [0.1, 0.15) is 36.8 Å². The highest BCUT2D eigenvalue weighted by Crippen LogP contribution is 2.29. The molecule has 0 radical (unpaired) electrons. The van der Waals surface area contributed by atoms with Crippen molar-refractivity contribution < 1.29 is 28.9 Å². The Morgan fingerprint density at radius 3 is 2.33 bits per heavy atom. The number of ether oxygens (including phenoxy) is 3. The molecule has 3 unspecified atom stereocenters. The van der Waals surface area contributed by atoms with Gasteiger partial charge in [-0.2, -0.15) is 0 Å². The summed E-state index contributed by atoms with van der Waals surface area (Å²) in [5.74, 6) is -1.11. The van der Waals surface area contributed by atoms with E-state index < -0.39 is 29.9 Å². The summed E-state index contributed by atoms with van der Waals surface area (Å²) in [7, 11) is 3.18. The zero-order chi connectivity index (χ0) is 28.8. The molecule has 0 spiro atoms. The average Bonchev–Trinajstić information content (AvgIpc) is 2.90. The predicted molar refractivity (Wildman–Crippen MR) is 155 cm³/mol. The second-order valence-electron chi connectivity index (χ2n) is 9.31. The van der Waals surface area contributed by atoms with Crippen LogP contribution in [0, 0.1) is 0 Å². The Kier molecular flexibility index (Phi) is 13.6. The van der Waals surface area contributed by atoms with Gasteiger partial charge in [0.25, 0.3) is 5.91 Å². The molecule has 0 heterocycles. The Morgan fingerprint density at radius 1 is 1.08 bits per heavy atom. The van der Waals surface area contributed by atoms with Gasteiger partial charge in [-0.15, -0.1) is 0 Å². The van der Waals surface area contributed by atoms with Crippen molar-refractivity contribution in [2.45, 2.75) is 43.7 Å². The Hall–Kier alpha value is -2.76. The van der Waals surface area contributed by atoms with E-state index in [9.17, 15) is 14.7 Å². The van der Waals surface area contributed by atoms with E-state index in [2.05, 4.69) is 10.6 Å². The lowest BCUT2D eigenvalue weighted by atomic mass is 9.84. The number of aliphatic hydroxyl groups is 1. The van der Waals surface area contributed by atoms with Gasteiger partial charge in [-0.1, -0.05) is 55.0 Å². The largest absolute Gasteiger partial charge is 0.497 e. The van der Waals surface area contributed by atoms with Gasteiger partial charge in [0.15, 0.2) is 5.60 Å². The molecule has 0 bridgehead atoms. The van der Waals surface area contributed by atoms with Crippen LogP contribution in [0.15, 0.2) is 48.5 Å². The number of carbonyl (C=O) groups is 2. The SMILES string of the molecule is COCCOCCNC(=S)C(Cc1ccc(OC)cc1)NC(=O)C(O)(CC(N)=O)CC(C)c1ccc(Cl)cc1. The molecule has 0 fully saturated rings. The van der Waals surface area contributed by atoms with E-state index in [0.29, 0.717) is 48.5 Å². The molecular weight excluding hydrogens is 542 g/mol. The highest BCUT2D eigenvalue weighted by molar-refractivity contribution is 7.80. The molecule has 11 heteroatoms. The number of hydrogen-bond donors (Lipinski definition) is 4. The normalized spacial score (nSPS) is 14.1. The fraction of sp³-hybridized carbons (Fsp3) is 0.464. The van der Waals surface area contributed by atoms with Crippen molar-refractivity contribution >= 4 is 40.6 Å². The molecule has 2 rings (SSSR count). The molecule has 0 saturated carbocycles. The third-order valence-corrected chi connectivity index (χ3v) is 6.85. The third kappa shape index (κ3) is 11.1. The fourth-order valence-corrected chi connectivity index (χ4v) is 4.43. The second kappa shape index (κ2) is 16.4. The molecule has 0 aliphatic heterocycles. The number of halogens is 1. The first-order valence-electron chi connectivity index (χ1n) is 12.6. The third-order valence-electron chi connectivity index (χ3n) is 6.17. The second-order valence-corrected chi connectivity index (χ2v) is 10.2. The number of benzene rings is 2. The minimum Gasteiger partial charge on any atom is -0.497 e. The standard InChI is InChI=1S/C28H38ClN3O6S/c1-19(21-6-8-22(29)9-7-21)17-28(35,18-25(30)33)27(34)32-24(16-20-4-10-23(37-3)11-5-20)26(39)31-12-13-38-15-14-36-2/h4-11,19,24,35H,12-18H2,1-3H3,(H2,30,33)(H,31,39)(H,32,34). The predicted octanol–water partition coefficient (Wildman–Crippen LogP) is 2.76. The molecule has 9 nitrogen and oxygen atoms in total. The van der Waals surface area contributed by atoms with E-state index in [1.54, 1.807) is 26.4 Å². The lowest BCUT2D eigenvalue weighted by molar-refractivity contribution is -0.146. The smallest absolute Gasteiger partial charge is 0.253 e. The van der Waals surface area contributed by atoms with E-state index in [1.807, 2.05) is 43.3 Å². The summed E-state index contributed by atoms with van der Waals surface area (Å²) in [5.41, 5.74) is 5.13. The molecule has 39 heavy (non-hydrogen) atoms. The monoisotopic (exact) mass is 579 g/mol. The zero-order valence-corrected chi connectivity index (χ0v) is 24.1. The van der Waals surface area contributed by atoms with Gasteiger partial charge in [0.05, 0.1) is 44.4 Å². The Bertz CT molecular complexity index is 1070. The first-order chi connectivity index (χ1) is 18.6. The quantitative estimate of drug-likeness (QED) is 0.166. The fourth-order valence-electron chi connectivity index (χ4n) is 4.06. The van der Waals surface area contributed by atoms with Crippen molar-refractivity contribution in [2.75, 3.05) is 40.6 Å². The summed E-state index contributed by atoms with van der Waals surface area (Å²) in [4.78, 5) is 25.8. The topological polar surface area (TPSA) is 132 Å². The molecule has 0 aliphatic carbocycles. The molecule has 2 amide bonds. The Labute approximate surface area is 240 Å². The van der Waals surface area contributed by atoms with Crippen LogP contribution in [0.25, 0.3) is 0 Å². The molecule has 0 aromatic heterocycles. The zero-order valence-electron chi connectivity index (χ0n) is 22.6. The van der Waals surface area contributed by atoms with Gasteiger partial charge >= 0.3 is 0 Å². The molecule has 2 aromatic carbocycles. The molecule has 0 aliphatic rings. The maximum Gasteiger partial charge on any atom is 0.253 e. The average molecular weight is 580 g/mol. The maximum atomic E-state index is 13.5. The van der Waals surface area contributed by atoms with E-state index in [4.69, 9.17) is 43.8 Å². The van der Waals surface area contributed by atoms with Crippen molar-refractivity contribution in [3.05, 3.63) is 64.7 Å². The van der Waals surface area contributed by atoms with Crippen LogP contribution < -0.4 is 21.1 Å². The molecule has 2 aromatic rings. The van der Waals surface area contributed by atoms with Crippen molar-refractivity contribution in [3.63, 3.8) is 0 Å². The number of hydrogen-bond acceptors (Lipinski definition) is 7. The van der Waals surface area contributed by atoms with Crippen LogP contribution in [0.4, 0.5) is 0 Å². The number of methoxy groups -OCH3 is 2. The van der Waals surface area contributed by atoms with Crippen molar-refractivity contribution in [3.8, 4) is 5.75 Å². The van der Waals surface area contributed by atoms with E-state index in [0.717, 1.165) is 11.1 Å². The van der Waals surface area contributed by atoms with Crippen LogP contribution in [-0.2, 0) is 25.5 Å². The minimum atomic E-state index is -2.05. The minimum absolute atomic E-state index is 0.0355. The van der Waals surface area contributed by atoms with Crippen molar-refractivity contribution in [1.29, 1.82) is 0 Å². The molecular formula is C28H38ClN3O6S. The Morgan fingerprint density at radius 2 is 1.74 bits per heavy atom. The van der Waals surface area contributed by atoms with Crippen molar-refractivity contribution in [1.82, 2.24) is 10.6 Å². The summed E-state index contributed by atoms with van der Waals surface area (Å²) in [5, 5.41) is 18.0. The maximum absolute atomic E-state index is 13.5. The van der Waals surface area contributed by atoms with Gasteiger partial charge in [0.2, 0.25) is 5.91 Å². The highest BCUT2D eigenvalue weighted by atomic mass is 35.5. The van der Waals surface area contributed by atoms with Crippen LogP contribution in [0.3, 0.4) is 0 Å². The number of primary amides is 1. The van der Waals surface area contributed by atoms with Crippen molar-refractivity contribution in [2.24, 2.45) is 5.73 Å². The lowest BCUT2D eigenvalue weighted by Crippen LogP contribution is -2.56. The van der Waals surface area contributed by atoms with Gasteiger partial charge in [-0.25, -0.2) is 0 Å². The number of amides is 2. The van der Waals surface area contributed by atoms with E-state index in [-0.39, 0.29) is 12.3 Å². The summed E-state index contributed by atoms with van der Waals surface area (Å²) in [6, 6.07) is 13.8. The van der Waals surface area contributed by atoms with Gasteiger partial charge < -0.3 is 35.7 Å². The van der Waals surface area contributed by atoms with Gasteiger partial charge in [0.1, 0.15) is 5.75 Å². The van der Waals surface area contributed by atoms with Crippen LogP contribution in [-0.4, -0.2) is 74.1 Å². The number of carbonyl (C=O) groups excluding carboxylic acids is 2. The first kappa shape index (κ1) is 32.5.